The molecule has 0 saturated heterocycles. The summed E-state index contributed by atoms with van der Waals surface area (Å²) in [5.74, 6) is -0.493. The molecular formula is C25H18N2O3S2. The number of carbonyl (C=O) groups excluding carboxylic acids is 1. The van der Waals surface area contributed by atoms with Crippen molar-refractivity contribution in [3.05, 3.63) is 95.2 Å². The van der Waals surface area contributed by atoms with Gasteiger partial charge in [-0.1, -0.05) is 55.1 Å². The van der Waals surface area contributed by atoms with Crippen LogP contribution in [0, 0.1) is 11.3 Å². The lowest BCUT2D eigenvalue weighted by molar-refractivity contribution is -0.151. The summed E-state index contributed by atoms with van der Waals surface area (Å²) >= 11 is 3.06. The monoisotopic (exact) mass is 458 g/mol. The van der Waals surface area contributed by atoms with Crippen LogP contribution in [0.15, 0.2) is 84.1 Å². The van der Waals surface area contributed by atoms with Crippen LogP contribution in [-0.2, 0) is 9.53 Å². The number of nitriles is 1. The molecule has 0 bridgehead atoms. The molecule has 0 fully saturated rings. The topological polar surface area (TPSA) is 72.2 Å². The van der Waals surface area contributed by atoms with E-state index in [-0.39, 0.29) is 18.1 Å². The number of benzene rings is 1. The lowest BCUT2D eigenvalue weighted by atomic mass is 10.1. The molecule has 0 saturated carbocycles. The molecule has 1 unspecified atom stereocenters. The normalized spacial score (nSPS) is 11.3. The fourth-order valence-electron chi connectivity index (χ4n) is 3.10. The second-order valence-corrected chi connectivity index (χ2v) is 8.52. The van der Waals surface area contributed by atoms with Crippen molar-refractivity contribution in [1.82, 2.24) is 4.98 Å². The van der Waals surface area contributed by atoms with Crippen molar-refractivity contribution >= 4 is 28.6 Å². The maximum atomic E-state index is 12.8. The summed E-state index contributed by atoms with van der Waals surface area (Å²) < 4.78 is 11.4. The van der Waals surface area contributed by atoms with Gasteiger partial charge in [0, 0.05) is 16.0 Å². The molecular weight excluding hydrogens is 440 g/mol. The van der Waals surface area contributed by atoms with E-state index in [1.54, 1.807) is 12.1 Å². The number of hydrogen-bond donors (Lipinski definition) is 0. The average molecular weight is 459 g/mol. The van der Waals surface area contributed by atoms with Crippen LogP contribution >= 0.6 is 22.7 Å². The molecule has 3 aromatic heterocycles. The maximum absolute atomic E-state index is 12.8. The van der Waals surface area contributed by atoms with E-state index in [4.69, 9.17) is 9.47 Å². The van der Waals surface area contributed by atoms with Gasteiger partial charge in [-0.2, -0.15) is 5.26 Å². The SMILES string of the molecule is C=CCOC(=O)C(Oc1nc(-c2cccs2)cc(-c2cccs2)c1C#N)c1ccccc1. The van der Waals surface area contributed by atoms with Crippen molar-refractivity contribution in [2.45, 2.75) is 6.10 Å². The van der Waals surface area contributed by atoms with Gasteiger partial charge in [0.25, 0.3) is 0 Å². The van der Waals surface area contributed by atoms with Gasteiger partial charge in [0.05, 0.1) is 10.6 Å². The van der Waals surface area contributed by atoms with Gasteiger partial charge >= 0.3 is 5.97 Å². The number of hydrogen-bond acceptors (Lipinski definition) is 7. The Morgan fingerprint density at radius 1 is 1.09 bits per heavy atom. The Kier molecular flexibility index (Phi) is 6.75. The zero-order valence-electron chi connectivity index (χ0n) is 16.9. The van der Waals surface area contributed by atoms with E-state index >= 15 is 0 Å². The van der Waals surface area contributed by atoms with Gasteiger partial charge < -0.3 is 9.47 Å². The second-order valence-electron chi connectivity index (χ2n) is 6.63. The van der Waals surface area contributed by atoms with Crippen molar-refractivity contribution in [1.29, 1.82) is 5.26 Å². The van der Waals surface area contributed by atoms with Gasteiger partial charge in [-0.25, -0.2) is 9.78 Å². The van der Waals surface area contributed by atoms with Crippen LogP contribution in [0.2, 0.25) is 0 Å². The van der Waals surface area contributed by atoms with E-state index in [1.807, 2.05) is 59.3 Å². The summed E-state index contributed by atoms with van der Waals surface area (Å²) in [5, 5.41) is 13.9. The third-order valence-corrected chi connectivity index (χ3v) is 6.34. The van der Waals surface area contributed by atoms with E-state index in [0.717, 1.165) is 9.75 Å². The number of carbonyl (C=O) groups is 1. The van der Waals surface area contributed by atoms with Gasteiger partial charge in [0.2, 0.25) is 12.0 Å². The Hall–Kier alpha value is -3.73. The van der Waals surface area contributed by atoms with Crippen LogP contribution in [0.25, 0.3) is 21.0 Å². The van der Waals surface area contributed by atoms with Crippen molar-refractivity contribution in [2.75, 3.05) is 6.61 Å². The van der Waals surface area contributed by atoms with Gasteiger partial charge in [0.15, 0.2) is 0 Å². The summed E-state index contributed by atoms with van der Waals surface area (Å²) in [6.45, 7) is 3.64. The Bertz CT molecular complexity index is 1240. The molecule has 0 amide bonds. The highest BCUT2D eigenvalue weighted by Crippen LogP contribution is 2.38. The van der Waals surface area contributed by atoms with E-state index in [2.05, 4.69) is 17.6 Å². The minimum Gasteiger partial charge on any atom is -0.458 e. The first-order chi connectivity index (χ1) is 15.7. The van der Waals surface area contributed by atoms with Crippen LogP contribution in [0.4, 0.5) is 0 Å². The Labute approximate surface area is 193 Å². The van der Waals surface area contributed by atoms with Crippen LogP contribution in [-0.4, -0.2) is 17.6 Å². The molecule has 0 N–H and O–H groups in total. The lowest BCUT2D eigenvalue weighted by Crippen LogP contribution is -2.22. The molecule has 5 nitrogen and oxygen atoms in total. The number of pyridine rings is 1. The first-order valence-corrected chi connectivity index (χ1v) is 11.5. The third-order valence-electron chi connectivity index (χ3n) is 4.55. The van der Waals surface area contributed by atoms with E-state index in [9.17, 15) is 10.1 Å². The number of aromatic nitrogens is 1. The quantitative estimate of drug-likeness (QED) is 0.230. The predicted octanol–water partition coefficient (Wildman–Crippen LogP) is 6.26. The van der Waals surface area contributed by atoms with Crippen LogP contribution in [0.3, 0.4) is 0 Å². The largest absolute Gasteiger partial charge is 0.458 e. The van der Waals surface area contributed by atoms with Crippen LogP contribution in [0.1, 0.15) is 17.2 Å². The summed E-state index contributed by atoms with van der Waals surface area (Å²) in [5.41, 5.74) is 2.25. The maximum Gasteiger partial charge on any atom is 0.352 e. The molecule has 32 heavy (non-hydrogen) atoms. The molecule has 0 spiro atoms. The molecule has 3 heterocycles. The zero-order valence-corrected chi connectivity index (χ0v) is 18.6. The first kappa shape index (κ1) is 21.5. The summed E-state index contributed by atoms with van der Waals surface area (Å²) in [4.78, 5) is 19.3. The molecule has 0 radical (unpaired) electrons. The standard InChI is InChI=1S/C25H18N2O3S2/c1-2-12-29-25(28)23(17-8-4-3-5-9-17)30-24-19(16-26)18(21-10-6-13-31-21)15-20(27-24)22-11-7-14-32-22/h2-11,13-15,23H,1,12H2. The molecule has 0 aliphatic rings. The molecule has 1 aromatic carbocycles. The Balaban J connectivity index is 1.84. The minimum atomic E-state index is -1.08. The van der Waals surface area contributed by atoms with Gasteiger partial charge in [-0.3, -0.25) is 0 Å². The van der Waals surface area contributed by atoms with E-state index < -0.39 is 12.1 Å². The van der Waals surface area contributed by atoms with Crippen molar-refractivity contribution in [3.63, 3.8) is 0 Å². The van der Waals surface area contributed by atoms with Crippen molar-refractivity contribution in [2.24, 2.45) is 0 Å². The van der Waals surface area contributed by atoms with Gasteiger partial charge in [-0.15, -0.1) is 22.7 Å². The minimum absolute atomic E-state index is 0.0553. The van der Waals surface area contributed by atoms with E-state index in [1.165, 1.54) is 28.7 Å². The number of nitrogens with zero attached hydrogens (tertiary/aromatic N) is 2. The first-order valence-electron chi connectivity index (χ1n) is 9.73. The molecule has 158 valence electrons. The fraction of sp³-hybridized carbons (Fsp3) is 0.0800. The van der Waals surface area contributed by atoms with Gasteiger partial charge in [0.1, 0.15) is 18.2 Å². The molecule has 4 aromatic rings. The molecule has 0 aliphatic carbocycles. The number of ether oxygens (including phenoxy) is 2. The van der Waals surface area contributed by atoms with Crippen molar-refractivity contribution < 1.29 is 14.3 Å². The summed E-state index contributed by atoms with van der Waals surface area (Å²) in [6.07, 6.45) is 0.413. The smallest absolute Gasteiger partial charge is 0.352 e. The Morgan fingerprint density at radius 3 is 2.44 bits per heavy atom. The lowest BCUT2D eigenvalue weighted by Gasteiger charge is -2.19. The highest BCUT2D eigenvalue weighted by atomic mass is 32.1. The predicted molar refractivity (Wildman–Crippen MR) is 127 cm³/mol. The molecule has 7 heteroatoms. The third kappa shape index (κ3) is 4.62. The Morgan fingerprint density at radius 2 is 1.81 bits per heavy atom. The summed E-state index contributed by atoms with van der Waals surface area (Å²) in [6, 6.07) is 20.9. The van der Waals surface area contributed by atoms with E-state index in [0.29, 0.717) is 16.8 Å². The van der Waals surface area contributed by atoms with Crippen LogP contribution < -0.4 is 4.74 Å². The second kappa shape index (κ2) is 10.1. The van der Waals surface area contributed by atoms with Crippen LogP contribution in [0.5, 0.6) is 5.88 Å². The molecule has 1 atom stereocenters. The number of esters is 1. The summed E-state index contributed by atoms with van der Waals surface area (Å²) in [7, 11) is 0. The molecule has 0 aliphatic heterocycles. The highest BCUT2D eigenvalue weighted by Gasteiger charge is 2.28. The van der Waals surface area contributed by atoms with Crippen molar-refractivity contribution in [3.8, 4) is 33.0 Å². The molecule has 4 rings (SSSR count). The number of thiophene rings is 2. The van der Waals surface area contributed by atoms with Gasteiger partial charge in [-0.05, 0) is 29.0 Å². The highest BCUT2D eigenvalue weighted by molar-refractivity contribution is 7.14. The fourth-order valence-corrected chi connectivity index (χ4v) is 4.54. The zero-order chi connectivity index (χ0) is 22.3. The average Bonchev–Trinajstić information content (AvgIpc) is 3.55. The number of rotatable bonds is 8.